The minimum Gasteiger partial charge on any atom is -0.482 e. The molecule has 0 saturated carbocycles. The van der Waals surface area contributed by atoms with E-state index in [0.717, 1.165) is 65.0 Å². The summed E-state index contributed by atoms with van der Waals surface area (Å²) in [5.41, 5.74) is 3.43. The number of aliphatic carboxylic acids is 1. The van der Waals surface area contributed by atoms with Crippen molar-refractivity contribution in [3.63, 3.8) is 0 Å². The Morgan fingerprint density at radius 3 is 2.29 bits per heavy atom. The van der Waals surface area contributed by atoms with E-state index >= 15 is 0 Å². The first-order valence-electron chi connectivity index (χ1n) is 14.3. The van der Waals surface area contributed by atoms with Crippen LogP contribution in [-0.2, 0) is 23.3 Å². The number of piperazine rings is 1. The van der Waals surface area contributed by atoms with E-state index in [2.05, 4.69) is 9.80 Å². The number of rotatable bonds is 11. The smallest absolute Gasteiger partial charge is 0.416 e. The van der Waals surface area contributed by atoms with Crippen LogP contribution in [0.4, 0.5) is 18.9 Å². The molecule has 236 valence electrons. The second-order valence-corrected chi connectivity index (χ2v) is 12.9. The standard InChI is InChI=1S/C33H32F3N3O4S2/c1-21-17-27(11-12-29(21)43-19-31(41)42)44-20-30-28(37-32(45-30)24-3-7-25(8-4-24)33(34,35)36)18-38-13-15-39(16-14-38)26-9-5-23(6-10-26)22(2)40/h3-12,17H,13-16,18-20H2,1-2H3,(H,41,42). The fraction of sp³-hybridized carbons (Fsp3) is 0.303. The maximum absolute atomic E-state index is 13.2. The minimum absolute atomic E-state index is 0.0381. The van der Waals surface area contributed by atoms with Crippen molar-refractivity contribution in [1.29, 1.82) is 0 Å². The summed E-state index contributed by atoms with van der Waals surface area (Å²) in [7, 11) is 0. The molecule has 0 bridgehead atoms. The van der Waals surface area contributed by atoms with E-state index < -0.39 is 24.3 Å². The van der Waals surface area contributed by atoms with Crippen molar-refractivity contribution in [3.05, 3.63) is 94.0 Å². The number of hydrogen-bond donors (Lipinski definition) is 1. The first kappa shape index (κ1) is 32.5. The average Bonchev–Trinajstić information content (AvgIpc) is 3.42. The molecule has 3 aromatic carbocycles. The lowest BCUT2D eigenvalue weighted by Gasteiger charge is -2.36. The molecule has 0 atom stereocenters. The van der Waals surface area contributed by atoms with Crippen LogP contribution < -0.4 is 9.64 Å². The van der Waals surface area contributed by atoms with Crippen LogP contribution in [0.25, 0.3) is 10.6 Å². The lowest BCUT2D eigenvalue weighted by Crippen LogP contribution is -2.46. The molecule has 0 spiro atoms. The molecule has 1 aliphatic heterocycles. The average molecular weight is 656 g/mol. The number of carboxylic acids is 1. The molecule has 7 nitrogen and oxygen atoms in total. The van der Waals surface area contributed by atoms with E-state index in [0.29, 0.717) is 34.2 Å². The van der Waals surface area contributed by atoms with Crippen molar-refractivity contribution < 1.29 is 32.6 Å². The van der Waals surface area contributed by atoms with Gasteiger partial charge in [0.2, 0.25) is 0 Å². The highest BCUT2D eigenvalue weighted by Gasteiger charge is 2.30. The van der Waals surface area contributed by atoms with Crippen LogP contribution in [0.3, 0.4) is 0 Å². The fourth-order valence-corrected chi connectivity index (χ4v) is 7.16. The lowest BCUT2D eigenvalue weighted by atomic mass is 10.1. The van der Waals surface area contributed by atoms with Gasteiger partial charge in [0.25, 0.3) is 0 Å². The predicted octanol–water partition coefficient (Wildman–Crippen LogP) is 7.42. The normalized spacial score (nSPS) is 14.0. The number of ketones is 1. The second-order valence-electron chi connectivity index (χ2n) is 10.7. The number of alkyl halides is 3. The topological polar surface area (TPSA) is 83.0 Å². The number of anilines is 1. The summed E-state index contributed by atoms with van der Waals surface area (Å²) in [6.45, 7) is 6.87. The van der Waals surface area contributed by atoms with Gasteiger partial charge in [-0.15, -0.1) is 23.1 Å². The molecule has 0 radical (unpaired) electrons. The van der Waals surface area contributed by atoms with Gasteiger partial charge in [-0.2, -0.15) is 13.2 Å². The van der Waals surface area contributed by atoms with Crippen LogP contribution in [-0.4, -0.2) is 59.5 Å². The Labute approximate surface area is 267 Å². The van der Waals surface area contributed by atoms with E-state index in [4.69, 9.17) is 14.8 Å². The van der Waals surface area contributed by atoms with Crippen LogP contribution in [0, 0.1) is 6.92 Å². The minimum atomic E-state index is -4.40. The molecule has 1 aromatic heterocycles. The highest BCUT2D eigenvalue weighted by atomic mass is 32.2. The largest absolute Gasteiger partial charge is 0.482 e. The van der Waals surface area contributed by atoms with E-state index in [1.807, 2.05) is 43.3 Å². The molecule has 4 aromatic rings. The Morgan fingerprint density at radius 2 is 1.69 bits per heavy atom. The van der Waals surface area contributed by atoms with E-state index in [1.54, 1.807) is 24.8 Å². The summed E-state index contributed by atoms with van der Waals surface area (Å²) in [4.78, 5) is 34.1. The molecule has 1 fully saturated rings. The number of aromatic nitrogens is 1. The summed E-state index contributed by atoms with van der Waals surface area (Å²) in [5.74, 6) is 0.124. The van der Waals surface area contributed by atoms with Crippen molar-refractivity contribution in [3.8, 4) is 16.3 Å². The lowest BCUT2D eigenvalue weighted by molar-refractivity contribution is -0.139. The van der Waals surface area contributed by atoms with Gasteiger partial charge in [-0.25, -0.2) is 9.78 Å². The van der Waals surface area contributed by atoms with Gasteiger partial charge < -0.3 is 14.7 Å². The summed E-state index contributed by atoms with van der Waals surface area (Å²) >= 11 is 3.10. The van der Waals surface area contributed by atoms with Crippen molar-refractivity contribution in [2.24, 2.45) is 0 Å². The third-order valence-electron chi connectivity index (χ3n) is 7.49. The molecule has 1 aliphatic rings. The zero-order chi connectivity index (χ0) is 32.1. The molecule has 2 heterocycles. The molecular weight excluding hydrogens is 624 g/mol. The SMILES string of the molecule is CC(=O)c1ccc(N2CCN(Cc3nc(-c4ccc(C(F)(F)F)cc4)sc3CSc3ccc(OCC(=O)O)c(C)c3)CC2)cc1. The first-order chi connectivity index (χ1) is 21.5. The van der Waals surface area contributed by atoms with Crippen molar-refractivity contribution in [2.45, 2.75) is 37.2 Å². The number of carboxylic acid groups (broad SMARTS) is 1. The summed E-state index contributed by atoms with van der Waals surface area (Å²) in [6.07, 6.45) is -4.40. The zero-order valence-corrected chi connectivity index (χ0v) is 26.4. The second kappa shape index (κ2) is 14.1. The monoisotopic (exact) mass is 655 g/mol. The van der Waals surface area contributed by atoms with Crippen LogP contribution in [0.15, 0.2) is 71.6 Å². The molecule has 1 N–H and O–H groups in total. The number of halogens is 3. The van der Waals surface area contributed by atoms with Gasteiger partial charge in [0.05, 0.1) is 11.3 Å². The van der Waals surface area contributed by atoms with Gasteiger partial charge in [-0.1, -0.05) is 12.1 Å². The van der Waals surface area contributed by atoms with Crippen LogP contribution in [0.2, 0.25) is 0 Å². The molecule has 0 unspecified atom stereocenters. The highest BCUT2D eigenvalue weighted by molar-refractivity contribution is 7.98. The number of benzene rings is 3. The predicted molar refractivity (Wildman–Crippen MR) is 170 cm³/mol. The third kappa shape index (κ3) is 8.44. The van der Waals surface area contributed by atoms with Crippen molar-refractivity contribution >= 4 is 40.5 Å². The van der Waals surface area contributed by atoms with E-state index in [-0.39, 0.29) is 5.78 Å². The number of hydrogen-bond acceptors (Lipinski definition) is 8. The van der Waals surface area contributed by atoms with Gasteiger partial charge in [0, 0.05) is 65.1 Å². The fourth-order valence-electron chi connectivity index (χ4n) is 4.99. The summed E-state index contributed by atoms with van der Waals surface area (Å²) in [6, 6.07) is 18.4. The van der Waals surface area contributed by atoms with Gasteiger partial charge in [0.15, 0.2) is 12.4 Å². The molecule has 0 aliphatic carbocycles. The molecule has 0 amide bonds. The van der Waals surface area contributed by atoms with E-state index in [1.165, 1.54) is 23.5 Å². The van der Waals surface area contributed by atoms with Crippen LogP contribution in [0.1, 0.15) is 39.0 Å². The third-order valence-corrected chi connectivity index (χ3v) is 9.84. The number of ether oxygens (including phenoxy) is 1. The number of thioether (sulfide) groups is 1. The Kier molecular flexibility index (Phi) is 10.2. The Morgan fingerprint density at radius 1 is 1.00 bits per heavy atom. The molecule has 1 saturated heterocycles. The summed E-state index contributed by atoms with van der Waals surface area (Å²) < 4.78 is 44.8. The first-order valence-corrected chi connectivity index (χ1v) is 16.1. The Bertz CT molecular complexity index is 1650. The van der Waals surface area contributed by atoms with Gasteiger partial charge in [0.1, 0.15) is 10.8 Å². The number of carbonyl (C=O) groups excluding carboxylic acids is 1. The Hall–Kier alpha value is -3.87. The highest BCUT2D eigenvalue weighted by Crippen LogP contribution is 2.36. The van der Waals surface area contributed by atoms with Crippen molar-refractivity contribution in [1.82, 2.24) is 9.88 Å². The molecular formula is C33H32F3N3O4S2. The Balaban J connectivity index is 1.30. The van der Waals surface area contributed by atoms with Crippen LogP contribution >= 0.6 is 23.1 Å². The zero-order valence-electron chi connectivity index (χ0n) is 24.8. The van der Waals surface area contributed by atoms with Gasteiger partial charge in [-0.3, -0.25) is 9.69 Å². The number of nitrogens with zero attached hydrogens (tertiary/aromatic N) is 3. The van der Waals surface area contributed by atoms with Gasteiger partial charge >= 0.3 is 12.1 Å². The number of carbonyl (C=O) groups is 2. The van der Waals surface area contributed by atoms with Crippen LogP contribution in [0.5, 0.6) is 5.75 Å². The summed E-state index contributed by atoms with van der Waals surface area (Å²) in [5, 5.41) is 9.57. The molecule has 45 heavy (non-hydrogen) atoms. The number of Topliss-reactive ketones (excluding diaryl/α,β-unsaturated/α-hetero) is 1. The van der Waals surface area contributed by atoms with E-state index in [9.17, 15) is 22.8 Å². The quantitative estimate of drug-likeness (QED) is 0.132. The molecule has 5 rings (SSSR count). The maximum atomic E-state index is 13.2. The van der Waals surface area contributed by atoms with Gasteiger partial charge in [-0.05, 0) is 74.0 Å². The maximum Gasteiger partial charge on any atom is 0.416 e. The number of thiazole rings is 1. The van der Waals surface area contributed by atoms with Crippen molar-refractivity contribution in [2.75, 3.05) is 37.7 Å². The number of aryl methyl sites for hydroxylation is 1. The molecule has 12 heteroatoms.